The molecular weight excluding hydrogens is 275 g/mol. The normalized spacial score (nSPS) is 19.5. The lowest BCUT2D eigenvalue weighted by Crippen LogP contribution is -2.52. The highest BCUT2D eigenvalue weighted by Gasteiger charge is 2.44. The Kier molecular flexibility index (Phi) is 5.05. The van der Waals surface area contributed by atoms with E-state index in [-0.39, 0.29) is 17.4 Å². The zero-order valence-electron chi connectivity index (χ0n) is 12.5. The number of halogens is 2. The van der Waals surface area contributed by atoms with Crippen LogP contribution in [0, 0.1) is 5.82 Å². The predicted molar refractivity (Wildman–Crippen MR) is 82.7 cm³/mol. The Labute approximate surface area is 126 Å². The lowest BCUT2D eigenvalue weighted by Gasteiger charge is -2.44. The van der Waals surface area contributed by atoms with Gasteiger partial charge in [-0.15, -0.1) is 0 Å². The molecular formula is C16H24ClFN2. The fourth-order valence-corrected chi connectivity index (χ4v) is 3.74. The van der Waals surface area contributed by atoms with Crippen LogP contribution in [0.1, 0.15) is 44.2 Å². The molecule has 0 aromatic heterocycles. The smallest absolute Gasteiger partial charge is 0.123 e. The lowest BCUT2D eigenvalue weighted by molar-refractivity contribution is 0.105. The van der Waals surface area contributed by atoms with Gasteiger partial charge in [-0.3, -0.25) is 0 Å². The fraction of sp³-hybridized carbons (Fsp3) is 0.625. The van der Waals surface area contributed by atoms with Crippen molar-refractivity contribution < 1.29 is 4.39 Å². The zero-order valence-corrected chi connectivity index (χ0v) is 13.3. The third-order valence-corrected chi connectivity index (χ3v) is 4.92. The molecule has 2 nitrogen and oxygen atoms in total. The van der Waals surface area contributed by atoms with Crippen molar-refractivity contribution in [2.45, 2.75) is 44.2 Å². The summed E-state index contributed by atoms with van der Waals surface area (Å²) in [7, 11) is 4.23. The molecule has 1 unspecified atom stereocenters. The van der Waals surface area contributed by atoms with E-state index in [1.54, 1.807) is 12.1 Å². The number of nitrogens with one attached hydrogen (secondary N) is 1. The van der Waals surface area contributed by atoms with E-state index >= 15 is 0 Å². The molecule has 1 N–H and O–H groups in total. The van der Waals surface area contributed by atoms with E-state index < -0.39 is 0 Å². The fourth-order valence-electron chi connectivity index (χ4n) is 3.51. The molecule has 1 aliphatic carbocycles. The molecule has 1 fully saturated rings. The first-order valence-electron chi connectivity index (χ1n) is 7.37. The van der Waals surface area contributed by atoms with E-state index in [2.05, 4.69) is 31.2 Å². The van der Waals surface area contributed by atoms with E-state index in [1.165, 1.54) is 18.9 Å². The van der Waals surface area contributed by atoms with Crippen molar-refractivity contribution in [3.05, 3.63) is 34.6 Å². The second kappa shape index (κ2) is 6.42. The average molecular weight is 299 g/mol. The predicted octanol–water partition coefficient (Wildman–Crippen LogP) is 4.00. The molecule has 1 atom stereocenters. The van der Waals surface area contributed by atoms with Gasteiger partial charge in [-0.2, -0.15) is 0 Å². The van der Waals surface area contributed by atoms with E-state index in [0.29, 0.717) is 5.02 Å². The molecule has 0 spiro atoms. The van der Waals surface area contributed by atoms with Crippen molar-refractivity contribution in [2.24, 2.45) is 0 Å². The maximum absolute atomic E-state index is 13.7. The van der Waals surface area contributed by atoms with Gasteiger partial charge in [-0.1, -0.05) is 31.4 Å². The molecule has 112 valence electrons. The molecule has 0 heterocycles. The quantitative estimate of drug-likeness (QED) is 0.884. The van der Waals surface area contributed by atoms with Crippen molar-refractivity contribution in [2.75, 3.05) is 20.6 Å². The second-order valence-electron chi connectivity index (χ2n) is 5.86. The minimum Gasteiger partial charge on any atom is -0.309 e. The Morgan fingerprint density at radius 1 is 1.35 bits per heavy atom. The van der Waals surface area contributed by atoms with Crippen LogP contribution in [0.3, 0.4) is 0 Å². The van der Waals surface area contributed by atoms with Gasteiger partial charge in [-0.25, -0.2) is 4.39 Å². The monoisotopic (exact) mass is 298 g/mol. The second-order valence-corrected chi connectivity index (χ2v) is 6.27. The van der Waals surface area contributed by atoms with Crippen LogP contribution in [-0.4, -0.2) is 31.1 Å². The number of hydrogen-bond donors (Lipinski definition) is 1. The summed E-state index contributed by atoms with van der Waals surface area (Å²) in [5.74, 6) is -0.223. The van der Waals surface area contributed by atoms with Crippen LogP contribution in [-0.2, 0) is 0 Å². The number of likely N-dealkylation sites (N-methyl/N-ethyl adjacent to an activating group) is 2. The lowest BCUT2D eigenvalue weighted by atomic mass is 9.82. The summed E-state index contributed by atoms with van der Waals surface area (Å²) in [6.07, 6.45) is 4.66. The van der Waals surface area contributed by atoms with Gasteiger partial charge in [0, 0.05) is 10.6 Å². The largest absolute Gasteiger partial charge is 0.309 e. The minimum atomic E-state index is -0.223. The summed E-state index contributed by atoms with van der Waals surface area (Å²) in [5.41, 5.74) is 0.900. The molecule has 0 bridgehead atoms. The van der Waals surface area contributed by atoms with Gasteiger partial charge in [0.25, 0.3) is 0 Å². The zero-order chi connectivity index (χ0) is 14.8. The van der Waals surface area contributed by atoms with Crippen LogP contribution >= 0.6 is 11.6 Å². The highest BCUT2D eigenvalue weighted by atomic mass is 35.5. The van der Waals surface area contributed by atoms with E-state index in [9.17, 15) is 4.39 Å². The molecule has 0 saturated heterocycles. The molecule has 1 saturated carbocycles. The summed E-state index contributed by atoms with van der Waals surface area (Å²) < 4.78 is 13.7. The van der Waals surface area contributed by atoms with Gasteiger partial charge in [0.15, 0.2) is 0 Å². The number of rotatable bonds is 5. The Morgan fingerprint density at radius 2 is 2.00 bits per heavy atom. The Morgan fingerprint density at radius 3 is 2.55 bits per heavy atom. The van der Waals surface area contributed by atoms with E-state index in [0.717, 1.165) is 24.9 Å². The van der Waals surface area contributed by atoms with Crippen molar-refractivity contribution in [3.8, 4) is 0 Å². The summed E-state index contributed by atoms with van der Waals surface area (Å²) in [4.78, 5) is 2.29. The van der Waals surface area contributed by atoms with Crippen LogP contribution in [0.2, 0.25) is 5.02 Å². The number of benzene rings is 1. The summed E-state index contributed by atoms with van der Waals surface area (Å²) in [5, 5.41) is 4.18. The molecule has 0 radical (unpaired) electrons. The summed E-state index contributed by atoms with van der Waals surface area (Å²) in [6, 6.07) is 4.73. The third kappa shape index (κ3) is 2.85. The van der Waals surface area contributed by atoms with Gasteiger partial charge in [0.1, 0.15) is 5.82 Å². The molecule has 0 aliphatic heterocycles. The summed E-state index contributed by atoms with van der Waals surface area (Å²) in [6.45, 7) is 2.92. The number of hydrogen-bond acceptors (Lipinski definition) is 2. The van der Waals surface area contributed by atoms with Crippen molar-refractivity contribution in [3.63, 3.8) is 0 Å². The van der Waals surface area contributed by atoms with Crippen LogP contribution in [0.15, 0.2) is 18.2 Å². The van der Waals surface area contributed by atoms with Crippen LogP contribution < -0.4 is 5.32 Å². The van der Waals surface area contributed by atoms with Crippen molar-refractivity contribution in [1.82, 2.24) is 10.2 Å². The number of nitrogens with zero attached hydrogens (tertiary/aromatic N) is 1. The van der Waals surface area contributed by atoms with E-state index in [1.807, 2.05) is 0 Å². The average Bonchev–Trinajstić information content (AvgIpc) is 2.90. The maximum atomic E-state index is 13.7. The molecule has 20 heavy (non-hydrogen) atoms. The van der Waals surface area contributed by atoms with Gasteiger partial charge >= 0.3 is 0 Å². The topological polar surface area (TPSA) is 15.3 Å². The molecule has 0 amide bonds. The molecule has 4 heteroatoms. The first-order valence-corrected chi connectivity index (χ1v) is 7.75. The first-order chi connectivity index (χ1) is 9.51. The van der Waals surface area contributed by atoms with Crippen LogP contribution in [0.25, 0.3) is 0 Å². The molecule has 1 aromatic carbocycles. The highest BCUT2D eigenvalue weighted by Crippen LogP contribution is 2.45. The highest BCUT2D eigenvalue weighted by molar-refractivity contribution is 6.31. The molecule has 1 aliphatic rings. The molecule has 2 rings (SSSR count). The van der Waals surface area contributed by atoms with Gasteiger partial charge in [-0.05, 0) is 57.2 Å². The Balaban J connectivity index is 2.46. The standard InChI is InChI=1S/C16H24ClFN2/c1-4-19-15(13-11-12(18)7-8-14(13)17)16(20(2)3)9-5-6-10-16/h7-8,11,15,19H,4-6,9-10H2,1-3H3. The molecule has 1 aromatic rings. The van der Waals surface area contributed by atoms with Gasteiger partial charge in [0.05, 0.1) is 6.04 Å². The summed E-state index contributed by atoms with van der Waals surface area (Å²) >= 11 is 6.35. The van der Waals surface area contributed by atoms with Crippen molar-refractivity contribution in [1.29, 1.82) is 0 Å². The SMILES string of the molecule is CCNC(c1cc(F)ccc1Cl)C1(N(C)C)CCCC1. The third-order valence-electron chi connectivity index (χ3n) is 4.57. The maximum Gasteiger partial charge on any atom is 0.123 e. The Bertz CT molecular complexity index is 456. The van der Waals surface area contributed by atoms with Gasteiger partial charge < -0.3 is 10.2 Å². The van der Waals surface area contributed by atoms with Crippen molar-refractivity contribution >= 4 is 11.6 Å². The van der Waals surface area contributed by atoms with Gasteiger partial charge in [0.2, 0.25) is 0 Å². The van der Waals surface area contributed by atoms with E-state index in [4.69, 9.17) is 11.6 Å². The van der Waals surface area contributed by atoms with Crippen LogP contribution in [0.4, 0.5) is 4.39 Å². The first kappa shape index (κ1) is 15.7. The van der Waals surface area contributed by atoms with Crippen LogP contribution in [0.5, 0.6) is 0 Å². The minimum absolute atomic E-state index is 0.0213. The Hall–Kier alpha value is -0.640.